The van der Waals surface area contributed by atoms with Gasteiger partial charge in [-0.1, -0.05) is 13.2 Å². The Kier molecular flexibility index (Phi) is 12.6. The predicted octanol–water partition coefficient (Wildman–Crippen LogP) is 4.87. The fourth-order valence-electron chi connectivity index (χ4n) is 5.75. The predicted molar refractivity (Wildman–Crippen MR) is 198 cm³/mol. The summed E-state index contributed by atoms with van der Waals surface area (Å²) in [6.45, 7) is 6.58. The number of benzene rings is 4. The third-order valence-corrected chi connectivity index (χ3v) is 8.63. The van der Waals surface area contributed by atoms with E-state index in [1.165, 1.54) is 99.1 Å². The zero-order valence-electron chi connectivity index (χ0n) is 30.9. The summed E-state index contributed by atoms with van der Waals surface area (Å²) in [4.78, 5) is 74.7. The van der Waals surface area contributed by atoms with E-state index in [9.17, 15) is 28.8 Å². The van der Waals surface area contributed by atoms with Crippen molar-refractivity contribution in [3.63, 3.8) is 0 Å². The van der Waals surface area contributed by atoms with Crippen molar-refractivity contribution in [1.82, 2.24) is 0 Å². The Morgan fingerprint density at radius 3 is 1.21 bits per heavy atom. The molecule has 0 saturated carbocycles. The molecule has 0 amide bonds. The molecule has 2 saturated heterocycles. The highest BCUT2D eigenvalue weighted by Crippen LogP contribution is 2.34. The smallest absolute Gasteiger partial charge is 0.343 e. The van der Waals surface area contributed by atoms with Crippen molar-refractivity contribution in [1.29, 1.82) is 0 Å². The number of carbonyl (C=O) groups is 6. The lowest BCUT2D eigenvalue weighted by Crippen LogP contribution is -2.36. The van der Waals surface area contributed by atoms with Crippen molar-refractivity contribution >= 4 is 35.8 Å². The van der Waals surface area contributed by atoms with Gasteiger partial charge in [-0.3, -0.25) is 0 Å². The van der Waals surface area contributed by atoms with Crippen LogP contribution < -0.4 is 28.4 Å². The lowest BCUT2D eigenvalue weighted by Gasteiger charge is -2.18. The van der Waals surface area contributed by atoms with Crippen LogP contribution >= 0.6 is 0 Å². The number of rotatable bonds is 14. The van der Waals surface area contributed by atoms with Crippen LogP contribution in [0, 0.1) is 0 Å². The Morgan fingerprint density at radius 2 is 0.862 bits per heavy atom. The van der Waals surface area contributed by atoms with Crippen molar-refractivity contribution in [2.45, 2.75) is 24.4 Å². The molecule has 2 fully saturated rings. The molecule has 0 aliphatic carbocycles. The number of methoxy groups -OCH3 is 2. The number of esters is 6. The lowest BCUT2D eigenvalue weighted by atomic mass is 10.1. The van der Waals surface area contributed by atoms with Crippen LogP contribution in [-0.4, -0.2) is 87.7 Å². The van der Waals surface area contributed by atoms with E-state index in [0.717, 1.165) is 12.2 Å². The molecule has 16 heteroatoms. The van der Waals surface area contributed by atoms with Crippen LogP contribution in [0.5, 0.6) is 34.5 Å². The first-order valence-electron chi connectivity index (χ1n) is 17.3. The monoisotopic (exact) mass is 794 g/mol. The van der Waals surface area contributed by atoms with Crippen molar-refractivity contribution < 1.29 is 76.1 Å². The summed E-state index contributed by atoms with van der Waals surface area (Å²) in [6, 6.07) is 19.5. The molecule has 4 aromatic carbocycles. The van der Waals surface area contributed by atoms with E-state index in [2.05, 4.69) is 13.2 Å². The lowest BCUT2D eigenvalue weighted by molar-refractivity contribution is -0.129. The summed E-state index contributed by atoms with van der Waals surface area (Å²) in [5.74, 6) is -3.60. The van der Waals surface area contributed by atoms with Crippen LogP contribution in [0.2, 0.25) is 0 Å². The van der Waals surface area contributed by atoms with Crippen molar-refractivity contribution in [3.8, 4) is 34.5 Å². The van der Waals surface area contributed by atoms with Gasteiger partial charge in [0.2, 0.25) is 0 Å². The quantitative estimate of drug-likeness (QED) is 0.0952. The minimum atomic E-state index is -0.842. The molecule has 0 N–H and O–H groups in total. The van der Waals surface area contributed by atoms with Gasteiger partial charge in [-0.25, -0.2) is 28.8 Å². The summed E-state index contributed by atoms with van der Waals surface area (Å²) in [5.41, 5.74) is 0.490. The molecule has 0 radical (unpaired) electrons. The minimum Gasteiger partial charge on any atom is -0.493 e. The van der Waals surface area contributed by atoms with Gasteiger partial charge >= 0.3 is 35.8 Å². The van der Waals surface area contributed by atoms with Gasteiger partial charge in [0.25, 0.3) is 0 Å². The van der Waals surface area contributed by atoms with E-state index < -0.39 is 60.2 Å². The highest BCUT2D eigenvalue weighted by atomic mass is 16.7. The summed E-state index contributed by atoms with van der Waals surface area (Å²) in [5, 5.41) is 0. The number of ether oxygens (including phenoxy) is 10. The molecule has 58 heavy (non-hydrogen) atoms. The van der Waals surface area contributed by atoms with Gasteiger partial charge in [0.15, 0.2) is 35.2 Å². The topological polar surface area (TPSA) is 195 Å². The summed E-state index contributed by atoms with van der Waals surface area (Å²) in [6.07, 6.45) is -1.15. The number of carbonyl (C=O) groups excluding carboxylic acids is 6. The van der Waals surface area contributed by atoms with Crippen molar-refractivity contribution in [2.75, 3.05) is 27.4 Å². The van der Waals surface area contributed by atoms with Crippen LogP contribution in [0.1, 0.15) is 41.4 Å². The highest BCUT2D eigenvalue weighted by molar-refractivity contribution is 5.94. The Labute approximate surface area is 330 Å². The fraction of sp³-hybridized carbons (Fsp3) is 0.190. The standard InChI is InChI=1S/C42H34O16/c1-5-35(43)53-27-13-7-23(8-14-27)39(45)55-29-17-11-25(19-31(29)49-3)41(47)57-33-21-51-38-34(22-52-37(33)38)58-42(48)26-12-18-30(32(20-26)50-4)56-40(46)24-9-15-28(16-10-24)54-36(44)6-2/h5-20,33-34,37-38H,1-2,21-22H2,3-4H3/t33-,34-,37-,38-/m1/s1. The number of fused-ring (bicyclic) bond motifs is 1. The van der Waals surface area contributed by atoms with Crippen LogP contribution in [0.3, 0.4) is 0 Å². The largest absolute Gasteiger partial charge is 0.493 e. The maximum atomic E-state index is 13.2. The minimum absolute atomic E-state index is 0.0322. The highest BCUT2D eigenvalue weighted by Gasteiger charge is 2.51. The molecule has 298 valence electrons. The first kappa shape index (κ1) is 40.4. The molecular formula is C42H34O16. The van der Waals surface area contributed by atoms with Crippen molar-refractivity contribution in [3.05, 3.63) is 132 Å². The molecule has 2 aliphatic heterocycles. The van der Waals surface area contributed by atoms with Gasteiger partial charge in [0.05, 0.1) is 49.7 Å². The molecule has 4 atom stereocenters. The molecule has 6 rings (SSSR count). The van der Waals surface area contributed by atoms with Crippen LogP contribution in [0.25, 0.3) is 0 Å². The van der Waals surface area contributed by atoms with Crippen LogP contribution in [0.4, 0.5) is 0 Å². The zero-order chi connectivity index (χ0) is 41.3. The third kappa shape index (κ3) is 9.38. The van der Waals surface area contributed by atoms with E-state index in [4.69, 9.17) is 47.4 Å². The number of hydrogen-bond donors (Lipinski definition) is 0. The second-order valence-corrected chi connectivity index (χ2v) is 12.3. The van der Waals surface area contributed by atoms with E-state index in [1.54, 1.807) is 0 Å². The molecule has 0 aromatic heterocycles. The van der Waals surface area contributed by atoms with Gasteiger partial charge in [-0.15, -0.1) is 0 Å². The SMILES string of the molecule is C=CC(=O)Oc1ccc(C(=O)Oc2ccc(C(=O)O[C@@H]3CO[C@H]4[C@@H]3OC[C@H]4OC(=O)c3ccc(OC(=O)c4ccc(OC(=O)C=C)cc4)c(OC)c3)cc2OC)cc1. The Bertz CT molecular complexity index is 2090. The van der Waals surface area contributed by atoms with E-state index >= 15 is 0 Å². The summed E-state index contributed by atoms with van der Waals surface area (Å²) >= 11 is 0. The molecule has 0 unspecified atom stereocenters. The summed E-state index contributed by atoms with van der Waals surface area (Å²) in [7, 11) is 2.67. The van der Waals surface area contributed by atoms with Crippen molar-refractivity contribution in [2.24, 2.45) is 0 Å². The normalized spacial score (nSPS) is 17.8. The van der Waals surface area contributed by atoms with Gasteiger partial charge in [-0.2, -0.15) is 0 Å². The molecule has 2 aliphatic rings. The maximum Gasteiger partial charge on any atom is 0.343 e. The first-order valence-corrected chi connectivity index (χ1v) is 17.3. The molecule has 0 spiro atoms. The average molecular weight is 795 g/mol. The average Bonchev–Trinajstić information content (AvgIpc) is 3.83. The second kappa shape index (κ2) is 18.1. The fourth-order valence-corrected chi connectivity index (χ4v) is 5.75. The van der Waals surface area contributed by atoms with E-state index in [-0.39, 0.29) is 70.0 Å². The van der Waals surface area contributed by atoms with Gasteiger partial charge in [0.1, 0.15) is 23.7 Å². The van der Waals surface area contributed by atoms with Crippen LogP contribution in [0.15, 0.2) is 110 Å². The molecular weight excluding hydrogens is 760 g/mol. The van der Waals surface area contributed by atoms with Gasteiger partial charge < -0.3 is 47.4 Å². The molecule has 2 heterocycles. The van der Waals surface area contributed by atoms with E-state index in [0.29, 0.717) is 0 Å². The Balaban J connectivity index is 1.02. The first-order chi connectivity index (χ1) is 28.0. The molecule has 16 nitrogen and oxygen atoms in total. The maximum absolute atomic E-state index is 13.2. The number of hydrogen-bond acceptors (Lipinski definition) is 16. The summed E-state index contributed by atoms with van der Waals surface area (Å²) < 4.78 is 54.7. The molecule has 4 aromatic rings. The van der Waals surface area contributed by atoms with Crippen LogP contribution in [-0.2, 0) is 28.5 Å². The zero-order valence-corrected chi connectivity index (χ0v) is 30.9. The Morgan fingerprint density at radius 1 is 0.500 bits per heavy atom. The van der Waals surface area contributed by atoms with Gasteiger partial charge in [-0.05, 0) is 84.9 Å². The van der Waals surface area contributed by atoms with E-state index in [1.807, 2.05) is 0 Å². The second-order valence-electron chi connectivity index (χ2n) is 12.3. The molecule has 0 bridgehead atoms. The third-order valence-electron chi connectivity index (χ3n) is 8.63. The Hall–Kier alpha value is -7.30. The van der Waals surface area contributed by atoms with Gasteiger partial charge in [0, 0.05) is 12.2 Å².